The number of rotatable bonds is 4. The molecule has 1 aliphatic rings. The van der Waals surface area contributed by atoms with E-state index in [1.54, 1.807) is 12.3 Å². The number of alkyl halides is 3. The molecule has 1 saturated carbocycles. The maximum absolute atomic E-state index is 13.1. The van der Waals surface area contributed by atoms with E-state index in [1.165, 1.54) is 12.1 Å². The van der Waals surface area contributed by atoms with Gasteiger partial charge in [0.15, 0.2) is 0 Å². The van der Waals surface area contributed by atoms with Gasteiger partial charge in [-0.05, 0) is 56.9 Å². The fourth-order valence-corrected chi connectivity index (χ4v) is 3.31. The zero-order valence-electron chi connectivity index (χ0n) is 14.9. The summed E-state index contributed by atoms with van der Waals surface area (Å²) in [4.78, 5) is 4.14. The number of aromatic nitrogens is 1. The lowest BCUT2D eigenvalue weighted by Crippen LogP contribution is -2.31. The number of benzene rings is 1. The maximum Gasteiger partial charge on any atom is 0.417 e. The van der Waals surface area contributed by atoms with Gasteiger partial charge >= 0.3 is 6.18 Å². The summed E-state index contributed by atoms with van der Waals surface area (Å²) in [6.07, 6.45) is 0.504. The Morgan fingerprint density at radius 2 is 1.89 bits per heavy atom. The first-order valence-electron chi connectivity index (χ1n) is 8.82. The largest absolute Gasteiger partial charge is 0.490 e. The Hall–Kier alpha value is -2.75. The molecule has 0 unspecified atom stereocenters. The van der Waals surface area contributed by atoms with Crippen molar-refractivity contribution in [3.63, 3.8) is 0 Å². The number of anilines is 1. The SMILES string of the molecule is Cc1cc(OC2CCC(Nc3ccc(C#N)c(C(F)(F)F)c3)CC2)ccn1. The Bertz CT molecular complexity index is 837. The first-order valence-corrected chi connectivity index (χ1v) is 8.82. The summed E-state index contributed by atoms with van der Waals surface area (Å²) < 4.78 is 45.2. The molecule has 142 valence electrons. The lowest BCUT2D eigenvalue weighted by molar-refractivity contribution is -0.137. The molecule has 1 aromatic carbocycles. The molecule has 0 aliphatic heterocycles. The Kier molecular flexibility index (Phi) is 5.54. The summed E-state index contributed by atoms with van der Waals surface area (Å²) in [5, 5.41) is 12.0. The van der Waals surface area contributed by atoms with Crippen LogP contribution < -0.4 is 10.1 Å². The van der Waals surface area contributed by atoms with Gasteiger partial charge in [0.25, 0.3) is 0 Å². The maximum atomic E-state index is 13.1. The second-order valence-corrected chi connectivity index (χ2v) is 6.74. The van der Waals surface area contributed by atoms with E-state index in [0.29, 0.717) is 5.69 Å². The summed E-state index contributed by atoms with van der Waals surface area (Å²) in [5.74, 6) is 0.792. The Balaban J connectivity index is 1.59. The molecule has 1 aromatic heterocycles. The minimum absolute atomic E-state index is 0.0815. The number of halogens is 3. The van der Waals surface area contributed by atoms with E-state index in [0.717, 1.165) is 43.2 Å². The molecule has 2 aromatic rings. The number of nitrogens with zero attached hydrogens (tertiary/aromatic N) is 2. The molecule has 1 N–H and O–H groups in total. The molecule has 7 heteroatoms. The highest BCUT2D eigenvalue weighted by Crippen LogP contribution is 2.34. The van der Waals surface area contributed by atoms with Gasteiger partial charge in [-0.15, -0.1) is 0 Å². The van der Waals surface area contributed by atoms with Crippen LogP contribution >= 0.6 is 0 Å². The van der Waals surface area contributed by atoms with Gasteiger partial charge in [0.2, 0.25) is 0 Å². The number of pyridine rings is 1. The number of hydrogen-bond acceptors (Lipinski definition) is 4. The van der Waals surface area contributed by atoms with Crippen LogP contribution in [0.1, 0.15) is 42.5 Å². The van der Waals surface area contributed by atoms with Gasteiger partial charge in [-0.25, -0.2) is 0 Å². The Morgan fingerprint density at radius 3 is 2.52 bits per heavy atom. The zero-order valence-corrected chi connectivity index (χ0v) is 14.9. The van der Waals surface area contributed by atoms with E-state index >= 15 is 0 Å². The summed E-state index contributed by atoms with van der Waals surface area (Å²) in [6, 6.07) is 9.15. The highest BCUT2D eigenvalue weighted by atomic mass is 19.4. The lowest BCUT2D eigenvalue weighted by Gasteiger charge is -2.30. The number of nitriles is 1. The molecular weight excluding hydrogens is 355 g/mol. The summed E-state index contributed by atoms with van der Waals surface area (Å²) >= 11 is 0. The van der Waals surface area contributed by atoms with E-state index < -0.39 is 11.7 Å². The van der Waals surface area contributed by atoms with Gasteiger partial charge in [-0.3, -0.25) is 4.98 Å². The lowest BCUT2D eigenvalue weighted by atomic mass is 9.92. The molecule has 0 radical (unpaired) electrons. The van der Waals surface area contributed by atoms with Gasteiger partial charge in [-0.1, -0.05) is 0 Å². The van der Waals surface area contributed by atoms with E-state index in [9.17, 15) is 13.2 Å². The van der Waals surface area contributed by atoms with E-state index in [-0.39, 0.29) is 17.7 Å². The number of hydrogen-bond donors (Lipinski definition) is 1. The van der Waals surface area contributed by atoms with Crippen molar-refractivity contribution in [2.75, 3.05) is 5.32 Å². The summed E-state index contributed by atoms with van der Waals surface area (Å²) in [6.45, 7) is 1.90. The van der Waals surface area contributed by atoms with Crippen molar-refractivity contribution in [2.24, 2.45) is 0 Å². The number of ether oxygens (including phenoxy) is 1. The van der Waals surface area contributed by atoms with Crippen LogP contribution in [0.3, 0.4) is 0 Å². The van der Waals surface area contributed by atoms with Crippen molar-refractivity contribution in [2.45, 2.75) is 50.9 Å². The van der Waals surface area contributed by atoms with Gasteiger partial charge in [-0.2, -0.15) is 18.4 Å². The van der Waals surface area contributed by atoms with Crippen molar-refractivity contribution in [3.05, 3.63) is 53.3 Å². The van der Waals surface area contributed by atoms with Crippen LogP contribution in [0.15, 0.2) is 36.5 Å². The molecule has 3 rings (SSSR count). The van der Waals surface area contributed by atoms with E-state index in [1.807, 2.05) is 19.1 Å². The quantitative estimate of drug-likeness (QED) is 0.809. The molecule has 1 heterocycles. The van der Waals surface area contributed by atoms with Gasteiger partial charge < -0.3 is 10.1 Å². The normalized spacial score (nSPS) is 20.0. The molecular formula is C20H20F3N3O. The van der Waals surface area contributed by atoms with E-state index in [2.05, 4.69) is 10.3 Å². The summed E-state index contributed by atoms with van der Waals surface area (Å²) in [7, 11) is 0. The van der Waals surface area contributed by atoms with Gasteiger partial charge in [0, 0.05) is 29.7 Å². The van der Waals surface area contributed by atoms with Crippen LogP contribution in [-0.4, -0.2) is 17.1 Å². The van der Waals surface area contributed by atoms with Crippen LogP contribution in [0, 0.1) is 18.3 Å². The molecule has 0 atom stereocenters. The van der Waals surface area contributed by atoms with Crippen molar-refractivity contribution in [1.82, 2.24) is 4.98 Å². The van der Waals surface area contributed by atoms with Crippen molar-refractivity contribution >= 4 is 5.69 Å². The van der Waals surface area contributed by atoms with Gasteiger partial charge in [0.05, 0.1) is 23.3 Å². The predicted molar refractivity (Wildman–Crippen MR) is 95.4 cm³/mol. The molecule has 27 heavy (non-hydrogen) atoms. The van der Waals surface area contributed by atoms with Crippen LogP contribution in [0.5, 0.6) is 5.75 Å². The molecule has 0 spiro atoms. The van der Waals surface area contributed by atoms with E-state index in [4.69, 9.17) is 10.00 Å². The minimum atomic E-state index is -4.54. The molecule has 0 saturated heterocycles. The van der Waals surface area contributed by atoms with Crippen LogP contribution in [0.25, 0.3) is 0 Å². The average molecular weight is 375 g/mol. The Labute approximate surface area is 156 Å². The highest BCUT2D eigenvalue weighted by molar-refractivity contribution is 5.53. The zero-order chi connectivity index (χ0) is 19.4. The first-order chi connectivity index (χ1) is 12.8. The van der Waals surface area contributed by atoms with Crippen molar-refractivity contribution in [1.29, 1.82) is 5.26 Å². The fourth-order valence-electron chi connectivity index (χ4n) is 3.31. The topological polar surface area (TPSA) is 57.9 Å². The molecule has 1 aliphatic carbocycles. The molecule has 4 nitrogen and oxygen atoms in total. The molecule has 0 amide bonds. The summed E-state index contributed by atoms with van der Waals surface area (Å²) in [5.41, 5.74) is 0.0115. The second-order valence-electron chi connectivity index (χ2n) is 6.74. The Morgan fingerprint density at radius 1 is 1.15 bits per heavy atom. The highest BCUT2D eigenvalue weighted by Gasteiger charge is 2.34. The van der Waals surface area contributed by atoms with Crippen LogP contribution in [-0.2, 0) is 6.18 Å². The molecule has 0 bridgehead atoms. The first kappa shape index (κ1) is 19.0. The fraction of sp³-hybridized carbons (Fsp3) is 0.400. The van der Waals surface area contributed by atoms with Gasteiger partial charge in [0.1, 0.15) is 5.75 Å². The van der Waals surface area contributed by atoms with Crippen LogP contribution in [0.2, 0.25) is 0 Å². The van der Waals surface area contributed by atoms with Crippen molar-refractivity contribution < 1.29 is 17.9 Å². The number of nitrogens with one attached hydrogen (secondary N) is 1. The third kappa shape index (κ3) is 4.91. The van der Waals surface area contributed by atoms with Crippen LogP contribution in [0.4, 0.5) is 18.9 Å². The predicted octanol–water partition coefficient (Wildman–Crippen LogP) is 5.08. The molecule has 1 fully saturated rings. The third-order valence-electron chi connectivity index (χ3n) is 4.66. The number of aryl methyl sites for hydroxylation is 1. The monoisotopic (exact) mass is 375 g/mol. The second kappa shape index (κ2) is 7.87. The third-order valence-corrected chi connectivity index (χ3v) is 4.66. The standard InChI is InChI=1S/C20H20F3N3O/c1-13-10-18(8-9-25-13)27-17-6-4-15(5-7-17)26-16-3-2-14(12-24)19(11-16)20(21,22)23/h2-3,8-11,15,17,26H,4-7H2,1H3. The minimum Gasteiger partial charge on any atom is -0.490 e. The van der Waals surface area contributed by atoms with Crippen molar-refractivity contribution in [3.8, 4) is 11.8 Å². The average Bonchev–Trinajstić information content (AvgIpc) is 2.63. The smallest absolute Gasteiger partial charge is 0.417 e.